The molecule has 0 aromatic carbocycles. The Morgan fingerprint density at radius 1 is 1.50 bits per heavy atom. The number of halogens is 1. The lowest BCUT2D eigenvalue weighted by atomic mass is 10.0. The minimum atomic E-state index is 0.396. The topological polar surface area (TPSA) is 21.3 Å². The molecule has 1 N–H and O–H groups in total. The Balaban J connectivity index is 2.60. The van der Waals surface area contributed by atoms with Crippen LogP contribution in [0.25, 0.3) is 0 Å². The van der Waals surface area contributed by atoms with Gasteiger partial charge in [0, 0.05) is 24.6 Å². The smallest absolute Gasteiger partial charge is 0.0931 e. The molecule has 1 aromatic heterocycles. The van der Waals surface area contributed by atoms with Crippen LogP contribution in [0.3, 0.4) is 0 Å². The van der Waals surface area contributed by atoms with E-state index in [2.05, 4.69) is 25.2 Å². The Hall–Kier alpha value is -0.0900. The molecule has 1 heterocycles. The Morgan fingerprint density at radius 3 is 2.75 bits per heavy atom. The molecule has 1 rings (SSSR count). The minimum Gasteiger partial charge on any atom is -0.384 e. The van der Waals surface area contributed by atoms with Crippen molar-refractivity contribution in [1.82, 2.24) is 5.32 Å². The third-order valence-electron chi connectivity index (χ3n) is 2.48. The standard InChI is InChI=1S/C12H20ClNOS/c1-4-14-10(7-9(2)8-15-3)11-5-6-12(13)16-11/h5-6,9-10,14H,4,7-8H2,1-3H3. The molecule has 0 amide bonds. The number of methoxy groups -OCH3 is 1. The summed E-state index contributed by atoms with van der Waals surface area (Å²) in [4.78, 5) is 1.31. The van der Waals surface area contributed by atoms with Gasteiger partial charge in [0.1, 0.15) is 0 Å². The van der Waals surface area contributed by atoms with E-state index in [1.165, 1.54) is 4.88 Å². The van der Waals surface area contributed by atoms with Gasteiger partial charge in [-0.3, -0.25) is 0 Å². The second-order valence-electron chi connectivity index (χ2n) is 4.05. The fraction of sp³-hybridized carbons (Fsp3) is 0.667. The van der Waals surface area contributed by atoms with Crippen molar-refractivity contribution in [3.05, 3.63) is 21.3 Å². The van der Waals surface area contributed by atoms with Crippen molar-refractivity contribution in [1.29, 1.82) is 0 Å². The molecular formula is C12H20ClNOS. The largest absolute Gasteiger partial charge is 0.384 e. The van der Waals surface area contributed by atoms with Gasteiger partial charge in [-0.05, 0) is 31.0 Å². The average Bonchev–Trinajstić information content (AvgIpc) is 2.64. The van der Waals surface area contributed by atoms with Crippen molar-refractivity contribution in [2.75, 3.05) is 20.3 Å². The molecule has 0 aliphatic carbocycles. The number of ether oxygens (including phenoxy) is 1. The van der Waals surface area contributed by atoms with Crippen molar-refractivity contribution in [3.63, 3.8) is 0 Å². The lowest BCUT2D eigenvalue weighted by molar-refractivity contribution is 0.149. The fourth-order valence-corrected chi connectivity index (χ4v) is 2.97. The van der Waals surface area contributed by atoms with Crippen LogP contribution < -0.4 is 5.32 Å². The summed E-state index contributed by atoms with van der Waals surface area (Å²) in [6, 6.07) is 4.47. The minimum absolute atomic E-state index is 0.396. The van der Waals surface area contributed by atoms with Gasteiger partial charge in [0.05, 0.1) is 4.34 Å². The SMILES string of the molecule is CCNC(CC(C)COC)c1ccc(Cl)s1. The Morgan fingerprint density at radius 2 is 2.25 bits per heavy atom. The summed E-state index contributed by atoms with van der Waals surface area (Å²) >= 11 is 7.63. The molecule has 4 heteroatoms. The lowest BCUT2D eigenvalue weighted by Crippen LogP contribution is -2.23. The summed E-state index contributed by atoms with van der Waals surface area (Å²) in [6.07, 6.45) is 1.08. The molecule has 0 aliphatic rings. The maximum Gasteiger partial charge on any atom is 0.0931 e. The van der Waals surface area contributed by atoms with Gasteiger partial charge in [-0.1, -0.05) is 25.4 Å². The predicted molar refractivity (Wildman–Crippen MR) is 71.4 cm³/mol. The molecule has 2 unspecified atom stereocenters. The number of rotatable bonds is 7. The highest BCUT2D eigenvalue weighted by Crippen LogP contribution is 2.30. The Labute approximate surface area is 107 Å². The zero-order valence-corrected chi connectivity index (χ0v) is 11.7. The molecule has 92 valence electrons. The molecule has 0 fully saturated rings. The van der Waals surface area contributed by atoms with Crippen molar-refractivity contribution >= 4 is 22.9 Å². The van der Waals surface area contributed by atoms with E-state index in [1.807, 2.05) is 6.07 Å². The highest BCUT2D eigenvalue weighted by molar-refractivity contribution is 7.16. The molecule has 0 bridgehead atoms. The third-order valence-corrected chi connectivity index (χ3v) is 3.82. The Kier molecular flexibility index (Phi) is 6.36. The molecule has 2 atom stereocenters. The van der Waals surface area contributed by atoms with Gasteiger partial charge < -0.3 is 10.1 Å². The van der Waals surface area contributed by atoms with Crippen molar-refractivity contribution in [3.8, 4) is 0 Å². The average molecular weight is 262 g/mol. The van der Waals surface area contributed by atoms with Crippen LogP contribution in [0, 0.1) is 5.92 Å². The summed E-state index contributed by atoms with van der Waals surface area (Å²) in [5.41, 5.74) is 0. The van der Waals surface area contributed by atoms with E-state index in [0.29, 0.717) is 12.0 Å². The first-order valence-corrected chi connectivity index (χ1v) is 6.84. The number of thiophene rings is 1. The van der Waals surface area contributed by atoms with Crippen molar-refractivity contribution in [2.24, 2.45) is 5.92 Å². The van der Waals surface area contributed by atoms with Gasteiger partial charge in [0.25, 0.3) is 0 Å². The van der Waals surface area contributed by atoms with Crippen LogP contribution in [0.15, 0.2) is 12.1 Å². The van der Waals surface area contributed by atoms with Crippen molar-refractivity contribution < 1.29 is 4.74 Å². The number of nitrogens with one attached hydrogen (secondary N) is 1. The van der Waals surface area contributed by atoms with E-state index in [1.54, 1.807) is 18.4 Å². The summed E-state index contributed by atoms with van der Waals surface area (Å²) in [5, 5.41) is 3.50. The van der Waals surface area contributed by atoms with Crippen LogP contribution >= 0.6 is 22.9 Å². The van der Waals surface area contributed by atoms with Crippen LogP contribution in [0.1, 0.15) is 31.2 Å². The van der Waals surface area contributed by atoms with Crippen LogP contribution in [-0.4, -0.2) is 20.3 Å². The molecule has 0 saturated heterocycles. The normalized spacial score (nSPS) is 15.0. The van der Waals surface area contributed by atoms with Crippen LogP contribution in [0.4, 0.5) is 0 Å². The third kappa shape index (κ3) is 4.42. The quantitative estimate of drug-likeness (QED) is 0.808. The second kappa shape index (κ2) is 7.28. The summed E-state index contributed by atoms with van der Waals surface area (Å²) in [7, 11) is 1.75. The summed E-state index contributed by atoms with van der Waals surface area (Å²) < 4.78 is 6.03. The summed E-state index contributed by atoms with van der Waals surface area (Å²) in [5.74, 6) is 0.551. The van der Waals surface area contributed by atoms with E-state index < -0.39 is 0 Å². The molecule has 1 aromatic rings. The van der Waals surface area contributed by atoms with Gasteiger partial charge in [-0.25, -0.2) is 0 Å². The van der Waals surface area contributed by atoms with Crippen LogP contribution in [-0.2, 0) is 4.74 Å². The van der Waals surface area contributed by atoms with Crippen LogP contribution in [0.2, 0.25) is 4.34 Å². The van der Waals surface area contributed by atoms with Crippen LogP contribution in [0.5, 0.6) is 0 Å². The highest BCUT2D eigenvalue weighted by Gasteiger charge is 2.16. The van der Waals surface area contributed by atoms with E-state index in [0.717, 1.165) is 23.9 Å². The van der Waals surface area contributed by atoms with E-state index in [4.69, 9.17) is 16.3 Å². The number of hydrogen-bond acceptors (Lipinski definition) is 3. The maximum atomic E-state index is 5.97. The Bertz CT molecular complexity index is 303. The van der Waals surface area contributed by atoms with Gasteiger partial charge >= 0.3 is 0 Å². The van der Waals surface area contributed by atoms with Gasteiger partial charge in [-0.2, -0.15) is 0 Å². The second-order valence-corrected chi connectivity index (χ2v) is 5.80. The van der Waals surface area contributed by atoms with E-state index in [-0.39, 0.29) is 0 Å². The van der Waals surface area contributed by atoms with Gasteiger partial charge in [0.2, 0.25) is 0 Å². The molecule has 0 saturated carbocycles. The van der Waals surface area contributed by atoms with Crippen molar-refractivity contribution in [2.45, 2.75) is 26.3 Å². The molecule has 0 radical (unpaired) electrons. The predicted octanol–water partition coefficient (Wildman–Crippen LogP) is 3.72. The molecule has 0 aliphatic heterocycles. The maximum absolute atomic E-state index is 5.97. The first-order chi connectivity index (χ1) is 7.67. The zero-order chi connectivity index (χ0) is 12.0. The first kappa shape index (κ1) is 14.0. The van der Waals surface area contributed by atoms with Gasteiger partial charge in [0.15, 0.2) is 0 Å². The monoisotopic (exact) mass is 261 g/mol. The van der Waals surface area contributed by atoms with Gasteiger partial charge in [-0.15, -0.1) is 11.3 Å². The molecule has 16 heavy (non-hydrogen) atoms. The fourth-order valence-electron chi connectivity index (χ4n) is 1.82. The van der Waals surface area contributed by atoms with E-state index >= 15 is 0 Å². The van der Waals surface area contributed by atoms with E-state index in [9.17, 15) is 0 Å². The highest BCUT2D eigenvalue weighted by atomic mass is 35.5. The molecular weight excluding hydrogens is 242 g/mol. The molecule has 2 nitrogen and oxygen atoms in total. The zero-order valence-electron chi connectivity index (χ0n) is 10.1. The lowest BCUT2D eigenvalue weighted by Gasteiger charge is -2.20. The summed E-state index contributed by atoms with van der Waals surface area (Å²) in [6.45, 7) is 6.12. The first-order valence-electron chi connectivity index (χ1n) is 5.64. The molecule has 0 spiro atoms. The number of hydrogen-bond donors (Lipinski definition) is 1.